The van der Waals surface area contributed by atoms with E-state index in [1.807, 2.05) is 0 Å². The van der Waals surface area contributed by atoms with E-state index in [4.69, 9.17) is 5.73 Å². The second-order valence-corrected chi connectivity index (χ2v) is 6.55. The van der Waals surface area contributed by atoms with E-state index < -0.39 is 0 Å². The van der Waals surface area contributed by atoms with Crippen molar-refractivity contribution in [1.29, 1.82) is 0 Å². The standard InChI is InChI=1S/C16H18FN3OS.2ClH/c17-12-6-2-1-5-11(12)16-19-9-14(22-16)15(21)20-13-7-3-4-10(13)8-18;;/h1-2,5-6,9-10,13H,3-4,7-8,18H2,(H,20,21);2*1H. The van der Waals surface area contributed by atoms with Crippen LogP contribution < -0.4 is 11.1 Å². The summed E-state index contributed by atoms with van der Waals surface area (Å²) in [7, 11) is 0. The molecule has 1 fully saturated rings. The van der Waals surface area contributed by atoms with Gasteiger partial charge in [-0.3, -0.25) is 4.79 Å². The van der Waals surface area contributed by atoms with Crippen molar-refractivity contribution in [2.24, 2.45) is 11.7 Å². The Kier molecular flexibility index (Phi) is 8.09. The molecule has 1 amide bonds. The van der Waals surface area contributed by atoms with Gasteiger partial charge in [-0.05, 0) is 37.4 Å². The minimum absolute atomic E-state index is 0. The number of hydrogen-bond acceptors (Lipinski definition) is 4. The molecule has 1 aliphatic carbocycles. The molecule has 2 atom stereocenters. The van der Waals surface area contributed by atoms with Crippen LogP contribution in [0.5, 0.6) is 0 Å². The molecule has 4 nitrogen and oxygen atoms in total. The van der Waals surface area contributed by atoms with Crippen LogP contribution in [-0.4, -0.2) is 23.5 Å². The monoisotopic (exact) mass is 391 g/mol. The summed E-state index contributed by atoms with van der Waals surface area (Å²) in [6.07, 6.45) is 4.63. The predicted octanol–water partition coefficient (Wildman–Crippen LogP) is 3.65. The molecule has 1 aromatic heterocycles. The Hall–Kier alpha value is -1.21. The van der Waals surface area contributed by atoms with Crippen molar-refractivity contribution in [3.05, 3.63) is 41.2 Å². The Labute approximate surface area is 156 Å². The highest BCUT2D eigenvalue weighted by Crippen LogP contribution is 2.28. The Morgan fingerprint density at radius 1 is 1.33 bits per heavy atom. The summed E-state index contributed by atoms with van der Waals surface area (Å²) in [5.41, 5.74) is 6.16. The van der Waals surface area contributed by atoms with Gasteiger partial charge >= 0.3 is 0 Å². The number of carbonyl (C=O) groups is 1. The summed E-state index contributed by atoms with van der Waals surface area (Å²) < 4.78 is 13.8. The number of benzene rings is 1. The van der Waals surface area contributed by atoms with Gasteiger partial charge in [0.2, 0.25) is 0 Å². The van der Waals surface area contributed by atoms with Crippen molar-refractivity contribution in [2.75, 3.05) is 6.54 Å². The van der Waals surface area contributed by atoms with E-state index in [-0.39, 0.29) is 42.6 Å². The number of nitrogens with one attached hydrogen (secondary N) is 1. The summed E-state index contributed by atoms with van der Waals surface area (Å²) in [5.74, 6) is -0.129. The summed E-state index contributed by atoms with van der Waals surface area (Å²) in [4.78, 5) is 17.0. The lowest BCUT2D eigenvalue weighted by molar-refractivity contribution is 0.0932. The first-order valence-electron chi connectivity index (χ1n) is 7.40. The lowest BCUT2D eigenvalue weighted by Gasteiger charge is -2.18. The van der Waals surface area contributed by atoms with Crippen LogP contribution in [0.15, 0.2) is 30.5 Å². The number of carbonyl (C=O) groups excluding carboxylic acids is 1. The molecule has 3 N–H and O–H groups in total. The van der Waals surface area contributed by atoms with Crippen molar-refractivity contribution < 1.29 is 9.18 Å². The molecule has 2 aromatic rings. The second-order valence-electron chi connectivity index (χ2n) is 5.52. The molecular formula is C16H20Cl2FN3OS. The van der Waals surface area contributed by atoms with E-state index in [0.717, 1.165) is 19.3 Å². The average molecular weight is 392 g/mol. The van der Waals surface area contributed by atoms with Crippen LogP contribution in [0.25, 0.3) is 10.6 Å². The second kappa shape index (κ2) is 9.32. The van der Waals surface area contributed by atoms with Crippen molar-refractivity contribution >= 4 is 42.1 Å². The summed E-state index contributed by atoms with van der Waals surface area (Å²) in [6.45, 7) is 0.591. The molecule has 8 heteroatoms. The molecule has 1 heterocycles. The third kappa shape index (κ3) is 4.45. The third-order valence-electron chi connectivity index (χ3n) is 4.11. The maximum absolute atomic E-state index is 13.8. The van der Waals surface area contributed by atoms with Gasteiger partial charge in [-0.25, -0.2) is 9.37 Å². The zero-order valence-corrected chi connectivity index (χ0v) is 15.4. The molecule has 1 aromatic carbocycles. The van der Waals surface area contributed by atoms with Gasteiger partial charge in [0.1, 0.15) is 15.7 Å². The lowest BCUT2D eigenvalue weighted by atomic mass is 10.0. The fourth-order valence-corrected chi connectivity index (χ4v) is 3.73. The third-order valence-corrected chi connectivity index (χ3v) is 5.14. The number of rotatable bonds is 4. The zero-order chi connectivity index (χ0) is 15.5. The van der Waals surface area contributed by atoms with Gasteiger partial charge in [0.25, 0.3) is 5.91 Å². The molecule has 0 saturated heterocycles. The van der Waals surface area contributed by atoms with E-state index in [0.29, 0.717) is 27.9 Å². The van der Waals surface area contributed by atoms with Crippen molar-refractivity contribution in [1.82, 2.24) is 10.3 Å². The van der Waals surface area contributed by atoms with E-state index in [2.05, 4.69) is 10.3 Å². The van der Waals surface area contributed by atoms with Gasteiger partial charge in [-0.15, -0.1) is 36.2 Å². The van der Waals surface area contributed by atoms with Crippen LogP contribution in [0.3, 0.4) is 0 Å². The number of amides is 1. The van der Waals surface area contributed by atoms with Crippen LogP contribution in [-0.2, 0) is 0 Å². The SMILES string of the molecule is Cl.Cl.NCC1CCCC1NC(=O)c1cnc(-c2ccccc2F)s1. The highest BCUT2D eigenvalue weighted by Gasteiger charge is 2.28. The number of nitrogens with zero attached hydrogens (tertiary/aromatic N) is 1. The molecule has 0 bridgehead atoms. The van der Waals surface area contributed by atoms with Crippen LogP contribution in [0.4, 0.5) is 4.39 Å². The van der Waals surface area contributed by atoms with Gasteiger partial charge in [0.05, 0.1) is 6.20 Å². The molecule has 0 aliphatic heterocycles. The van der Waals surface area contributed by atoms with Crippen LogP contribution in [0.2, 0.25) is 0 Å². The molecule has 2 unspecified atom stereocenters. The van der Waals surface area contributed by atoms with Gasteiger partial charge in [0, 0.05) is 11.6 Å². The predicted molar refractivity (Wildman–Crippen MR) is 99.7 cm³/mol. The largest absolute Gasteiger partial charge is 0.348 e. The Balaban J connectivity index is 0.00000144. The maximum atomic E-state index is 13.8. The van der Waals surface area contributed by atoms with Crippen molar-refractivity contribution in [2.45, 2.75) is 25.3 Å². The molecule has 0 spiro atoms. The lowest BCUT2D eigenvalue weighted by Crippen LogP contribution is -2.39. The molecule has 132 valence electrons. The highest BCUT2D eigenvalue weighted by molar-refractivity contribution is 7.16. The van der Waals surface area contributed by atoms with Gasteiger partial charge < -0.3 is 11.1 Å². The van der Waals surface area contributed by atoms with Gasteiger partial charge in [0.15, 0.2) is 0 Å². The van der Waals surface area contributed by atoms with Crippen LogP contribution >= 0.6 is 36.2 Å². The zero-order valence-electron chi connectivity index (χ0n) is 12.9. The molecule has 24 heavy (non-hydrogen) atoms. The fraction of sp³-hybridized carbons (Fsp3) is 0.375. The average Bonchev–Trinajstić information content (AvgIpc) is 3.16. The van der Waals surface area contributed by atoms with Crippen LogP contribution in [0.1, 0.15) is 28.9 Å². The maximum Gasteiger partial charge on any atom is 0.263 e. The number of hydrogen-bond donors (Lipinski definition) is 2. The first-order chi connectivity index (χ1) is 10.7. The normalized spacial score (nSPS) is 19.2. The van der Waals surface area contributed by atoms with Crippen LogP contribution in [0, 0.1) is 11.7 Å². The topological polar surface area (TPSA) is 68.0 Å². The Bertz CT molecular complexity index is 683. The van der Waals surface area contributed by atoms with E-state index >= 15 is 0 Å². The number of nitrogens with two attached hydrogens (primary N) is 1. The number of halogens is 3. The van der Waals surface area contributed by atoms with Gasteiger partial charge in [-0.2, -0.15) is 0 Å². The molecule has 1 saturated carbocycles. The summed E-state index contributed by atoms with van der Waals surface area (Å²) >= 11 is 1.21. The fourth-order valence-electron chi connectivity index (χ4n) is 2.89. The van der Waals surface area contributed by atoms with E-state index in [1.165, 1.54) is 23.6 Å². The quantitative estimate of drug-likeness (QED) is 0.835. The van der Waals surface area contributed by atoms with E-state index in [9.17, 15) is 9.18 Å². The Morgan fingerprint density at radius 3 is 2.79 bits per heavy atom. The molecule has 1 aliphatic rings. The first kappa shape index (κ1) is 20.8. The van der Waals surface area contributed by atoms with E-state index in [1.54, 1.807) is 18.2 Å². The minimum atomic E-state index is -0.331. The molecular weight excluding hydrogens is 372 g/mol. The minimum Gasteiger partial charge on any atom is -0.348 e. The van der Waals surface area contributed by atoms with Gasteiger partial charge in [-0.1, -0.05) is 18.6 Å². The summed E-state index contributed by atoms with van der Waals surface area (Å²) in [6, 6.07) is 6.58. The highest BCUT2D eigenvalue weighted by atomic mass is 35.5. The summed E-state index contributed by atoms with van der Waals surface area (Å²) in [5, 5.41) is 3.55. The molecule has 3 rings (SSSR count). The Morgan fingerprint density at radius 2 is 2.08 bits per heavy atom. The first-order valence-corrected chi connectivity index (χ1v) is 8.22. The number of thiazole rings is 1. The smallest absolute Gasteiger partial charge is 0.263 e. The number of aromatic nitrogens is 1. The molecule has 0 radical (unpaired) electrons. The van der Waals surface area contributed by atoms with Crippen molar-refractivity contribution in [3.63, 3.8) is 0 Å². The van der Waals surface area contributed by atoms with Crippen molar-refractivity contribution in [3.8, 4) is 10.6 Å².